The molecule has 3 nitrogen and oxygen atoms in total. The number of aryl methyl sites for hydroxylation is 1. The van der Waals surface area contributed by atoms with Gasteiger partial charge in [0.05, 0.1) is 17.6 Å². The van der Waals surface area contributed by atoms with Crippen LogP contribution in [0.5, 0.6) is 5.75 Å². The zero-order chi connectivity index (χ0) is 19.2. The fraction of sp³-hybridized carbons (Fsp3) is 0.348. The third-order valence-electron chi connectivity index (χ3n) is 4.71. The lowest BCUT2D eigenvalue weighted by Crippen LogP contribution is -2.06. The predicted molar refractivity (Wildman–Crippen MR) is 112 cm³/mol. The van der Waals surface area contributed by atoms with Crippen molar-refractivity contribution in [3.8, 4) is 16.9 Å². The minimum atomic E-state index is -0.0311. The van der Waals surface area contributed by atoms with Gasteiger partial charge in [-0.25, -0.2) is 0 Å². The number of hydrogen-bond acceptors (Lipinski definition) is 3. The van der Waals surface area contributed by atoms with Crippen molar-refractivity contribution >= 4 is 22.6 Å². The van der Waals surface area contributed by atoms with Crippen molar-refractivity contribution in [2.24, 2.45) is 0 Å². The first-order chi connectivity index (χ1) is 13.1. The maximum absolute atomic E-state index is 13.1. The van der Waals surface area contributed by atoms with Gasteiger partial charge >= 0.3 is 0 Å². The van der Waals surface area contributed by atoms with Crippen LogP contribution in [0.25, 0.3) is 22.1 Å². The summed E-state index contributed by atoms with van der Waals surface area (Å²) in [5, 5.41) is 1.23. The van der Waals surface area contributed by atoms with Crippen molar-refractivity contribution in [1.82, 2.24) is 0 Å². The second kappa shape index (κ2) is 9.09. The van der Waals surface area contributed by atoms with Crippen LogP contribution in [-0.2, 0) is 6.42 Å². The molecule has 1 heterocycles. The van der Waals surface area contributed by atoms with Crippen LogP contribution in [0.3, 0.4) is 0 Å². The Balaban J connectivity index is 2.03. The maximum Gasteiger partial charge on any atom is 0.200 e. The molecule has 0 atom stereocenters. The van der Waals surface area contributed by atoms with E-state index in [1.807, 2.05) is 31.2 Å². The highest BCUT2D eigenvalue weighted by Gasteiger charge is 2.13. The first kappa shape index (κ1) is 19.5. The van der Waals surface area contributed by atoms with E-state index < -0.39 is 0 Å². The monoisotopic (exact) mass is 384 g/mol. The van der Waals surface area contributed by atoms with E-state index in [4.69, 9.17) is 20.8 Å². The van der Waals surface area contributed by atoms with E-state index in [1.165, 1.54) is 25.5 Å². The molecule has 0 N–H and O–H groups in total. The predicted octanol–water partition coefficient (Wildman–Crippen LogP) is 6.63. The highest BCUT2D eigenvalue weighted by Crippen LogP contribution is 2.28. The zero-order valence-electron chi connectivity index (χ0n) is 15.9. The van der Waals surface area contributed by atoms with E-state index in [9.17, 15) is 4.79 Å². The van der Waals surface area contributed by atoms with Gasteiger partial charge in [-0.05, 0) is 49.1 Å². The molecule has 0 aliphatic heterocycles. The van der Waals surface area contributed by atoms with Crippen LogP contribution < -0.4 is 10.2 Å². The van der Waals surface area contributed by atoms with E-state index in [2.05, 4.69) is 6.92 Å². The summed E-state index contributed by atoms with van der Waals surface area (Å²) in [7, 11) is 0. The molecule has 4 heteroatoms. The van der Waals surface area contributed by atoms with Gasteiger partial charge in [-0.1, -0.05) is 49.9 Å². The Morgan fingerprint density at radius 2 is 1.81 bits per heavy atom. The van der Waals surface area contributed by atoms with Gasteiger partial charge in [-0.3, -0.25) is 4.79 Å². The molecule has 0 spiro atoms. The molecule has 0 amide bonds. The number of fused-ring (bicyclic) bond motifs is 1. The molecular weight excluding hydrogens is 360 g/mol. The largest absolute Gasteiger partial charge is 0.493 e. The molecule has 142 valence electrons. The minimum absolute atomic E-state index is 0.0311. The van der Waals surface area contributed by atoms with Crippen molar-refractivity contribution in [3.05, 3.63) is 63.5 Å². The highest BCUT2D eigenvalue weighted by atomic mass is 35.5. The van der Waals surface area contributed by atoms with Crippen LogP contribution in [0.2, 0.25) is 5.02 Å². The first-order valence-electron chi connectivity index (χ1n) is 9.61. The fourth-order valence-corrected chi connectivity index (χ4v) is 3.38. The van der Waals surface area contributed by atoms with Gasteiger partial charge in [-0.15, -0.1) is 0 Å². The van der Waals surface area contributed by atoms with Crippen LogP contribution in [0, 0.1) is 0 Å². The molecule has 3 rings (SSSR count). The Morgan fingerprint density at radius 3 is 2.52 bits per heavy atom. The van der Waals surface area contributed by atoms with Crippen molar-refractivity contribution < 1.29 is 9.15 Å². The van der Waals surface area contributed by atoms with E-state index in [0.29, 0.717) is 28.2 Å². The number of benzene rings is 2. The summed E-state index contributed by atoms with van der Waals surface area (Å²) in [5.41, 5.74) is 2.93. The SMILES string of the molecule is CCCCCCc1cc2c(=O)c(-c3ccc(Cl)cc3)coc2cc1OCC. The second-order valence-electron chi connectivity index (χ2n) is 6.69. The van der Waals surface area contributed by atoms with Crippen molar-refractivity contribution in [3.63, 3.8) is 0 Å². The smallest absolute Gasteiger partial charge is 0.200 e. The normalized spacial score (nSPS) is 11.1. The molecule has 0 unspecified atom stereocenters. The van der Waals surface area contributed by atoms with Gasteiger partial charge in [0.25, 0.3) is 0 Å². The van der Waals surface area contributed by atoms with Crippen LogP contribution in [0.15, 0.2) is 51.9 Å². The molecule has 0 bridgehead atoms. The Hall–Kier alpha value is -2.26. The van der Waals surface area contributed by atoms with Gasteiger partial charge < -0.3 is 9.15 Å². The molecule has 0 aliphatic carbocycles. The van der Waals surface area contributed by atoms with E-state index in [0.717, 1.165) is 29.7 Å². The van der Waals surface area contributed by atoms with Gasteiger partial charge in [0, 0.05) is 11.1 Å². The summed E-state index contributed by atoms with van der Waals surface area (Å²) in [5.74, 6) is 0.809. The summed E-state index contributed by atoms with van der Waals surface area (Å²) in [6.07, 6.45) is 7.10. The minimum Gasteiger partial charge on any atom is -0.493 e. The summed E-state index contributed by atoms with van der Waals surface area (Å²) in [6, 6.07) is 11.0. The number of hydrogen-bond donors (Lipinski definition) is 0. The lowest BCUT2D eigenvalue weighted by molar-refractivity contribution is 0.336. The molecule has 0 saturated heterocycles. The van der Waals surface area contributed by atoms with Gasteiger partial charge in [-0.2, -0.15) is 0 Å². The summed E-state index contributed by atoms with van der Waals surface area (Å²) < 4.78 is 11.6. The summed E-state index contributed by atoms with van der Waals surface area (Å²) in [4.78, 5) is 13.1. The molecule has 0 saturated carbocycles. The van der Waals surface area contributed by atoms with E-state index in [1.54, 1.807) is 12.1 Å². The zero-order valence-corrected chi connectivity index (χ0v) is 16.6. The lowest BCUT2D eigenvalue weighted by Gasteiger charge is -2.12. The molecule has 0 radical (unpaired) electrons. The van der Waals surface area contributed by atoms with Crippen LogP contribution in [0.1, 0.15) is 45.1 Å². The molecular formula is C23H25ClO3. The molecule has 27 heavy (non-hydrogen) atoms. The number of rotatable bonds is 8. The standard InChI is InChI=1S/C23H25ClO3/c1-3-5-6-7-8-17-13-19-22(14-21(17)26-4-2)27-15-20(23(19)25)16-9-11-18(24)12-10-16/h9-15H,3-8H2,1-2H3. The average molecular weight is 385 g/mol. The highest BCUT2D eigenvalue weighted by molar-refractivity contribution is 6.30. The third-order valence-corrected chi connectivity index (χ3v) is 4.96. The Bertz CT molecular complexity index is 958. The topological polar surface area (TPSA) is 39.4 Å². The quantitative estimate of drug-likeness (QED) is 0.409. The fourth-order valence-electron chi connectivity index (χ4n) is 3.26. The lowest BCUT2D eigenvalue weighted by atomic mass is 10.0. The summed E-state index contributed by atoms with van der Waals surface area (Å²) in [6.45, 7) is 4.75. The van der Waals surface area contributed by atoms with E-state index >= 15 is 0 Å². The second-order valence-corrected chi connectivity index (χ2v) is 7.12. The van der Waals surface area contributed by atoms with Gasteiger partial charge in [0.15, 0.2) is 0 Å². The average Bonchev–Trinajstić information content (AvgIpc) is 2.67. The van der Waals surface area contributed by atoms with Crippen molar-refractivity contribution in [2.45, 2.75) is 46.0 Å². The summed E-state index contributed by atoms with van der Waals surface area (Å²) >= 11 is 5.96. The Kier molecular flexibility index (Phi) is 6.57. The molecule has 0 fully saturated rings. The van der Waals surface area contributed by atoms with E-state index in [-0.39, 0.29) is 5.43 Å². The third kappa shape index (κ3) is 4.54. The molecule has 1 aromatic heterocycles. The number of unbranched alkanes of at least 4 members (excludes halogenated alkanes) is 3. The molecule has 2 aromatic carbocycles. The first-order valence-corrected chi connectivity index (χ1v) is 9.99. The number of ether oxygens (including phenoxy) is 1. The Morgan fingerprint density at radius 1 is 1.04 bits per heavy atom. The van der Waals surface area contributed by atoms with Gasteiger partial charge in [0.2, 0.25) is 5.43 Å². The number of halogens is 1. The maximum atomic E-state index is 13.1. The van der Waals surface area contributed by atoms with Gasteiger partial charge in [0.1, 0.15) is 17.6 Å². The molecule has 0 aliphatic rings. The Labute approximate surface area is 164 Å². The van der Waals surface area contributed by atoms with Crippen LogP contribution >= 0.6 is 11.6 Å². The van der Waals surface area contributed by atoms with Crippen LogP contribution in [-0.4, -0.2) is 6.61 Å². The van der Waals surface area contributed by atoms with Crippen molar-refractivity contribution in [2.75, 3.05) is 6.61 Å². The van der Waals surface area contributed by atoms with Crippen LogP contribution in [0.4, 0.5) is 0 Å². The molecule has 3 aromatic rings. The van der Waals surface area contributed by atoms with Crippen molar-refractivity contribution in [1.29, 1.82) is 0 Å².